The second-order valence-corrected chi connectivity index (χ2v) is 5.75. The summed E-state index contributed by atoms with van der Waals surface area (Å²) in [6.45, 7) is 2.77. The Hall–Kier alpha value is -0.700. The third-order valence-corrected chi connectivity index (χ3v) is 3.75. The molecule has 0 atom stereocenters. The van der Waals surface area contributed by atoms with Crippen LogP contribution in [0.4, 0.5) is 5.69 Å². The quantitative estimate of drug-likeness (QED) is 0.831. The molecule has 0 aliphatic heterocycles. The van der Waals surface area contributed by atoms with E-state index in [-0.39, 0.29) is 0 Å². The number of benzene rings is 1. The summed E-state index contributed by atoms with van der Waals surface area (Å²) in [4.78, 5) is 1.20. The lowest BCUT2D eigenvalue weighted by Gasteiger charge is -2.07. The molecule has 1 aromatic carbocycles. The first-order valence-corrected chi connectivity index (χ1v) is 6.46. The summed E-state index contributed by atoms with van der Waals surface area (Å²) in [6.07, 6.45) is 0. The number of aryl methyl sites for hydroxylation is 1. The van der Waals surface area contributed by atoms with Crippen LogP contribution in [-0.2, 0) is 6.54 Å². The predicted molar refractivity (Wildman–Crippen MR) is 72.8 cm³/mol. The van der Waals surface area contributed by atoms with Crippen LogP contribution in [0.15, 0.2) is 30.3 Å². The standard InChI is InChI=1S/C12H11Cl2NS/c1-8-2-4-11(10(13)6-8)15-7-9-3-5-12(14)16-9/h2-6,15H,7H2,1H3. The maximum Gasteiger partial charge on any atom is 0.0931 e. The van der Waals surface area contributed by atoms with Gasteiger partial charge in [-0.15, -0.1) is 11.3 Å². The fourth-order valence-electron chi connectivity index (χ4n) is 1.39. The first-order valence-electron chi connectivity index (χ1n) is 4.89. The number of hydrogen-bond acceptors (Lipinski definition) is 2. The molecule has 1 N–H and O–H groups in total. The van der Waals surface area contributed by atoms with E-state index in [1.54, 1.807) is 11.3 Å². The van der Waals surface area contributed by atoms with Crippen molar-refractivity contribution in [1.82, 2.24) is 0 Å². The van der Waals surface area contributed by atoms with E-state index in [0.29, 0.717) is 0 Å². The fraction of sp³-hybridized carbons (Fsp3) is 0.167. The molecular formula is C12H11Cl2NS. The highest BCUT2D eigenvalue weighted by Crippen LogP contribution is 2.25. The van der Waals surface area contributed by atoms with E-state index in [1.807, 2.05) is 37.3 Å². The Kier molecular flexibility index (Phi) is 3.74. The van der Waals surface area contributed by atoms with Crippen LogP contribution in [0.1, 0.15) is 10.4 Å². The molecule has 0 aliphatic carbocycles. The molecule has 0 bridgehead atoms. The van der Waals surface area contributed by atoms with Crippen LogP contribution in [0.5, 0.6) is 0 Å². The Morgan fingerprint density at radius 1 is 1.19 bits per heavy atom. The van der Waals surface area contributed by atoms with E-state index in [4.69, 9.17) is 23.2 Å². The zero-order chi connectivity index (χ0) is 11.5. The summed E-state index contributed by atoms with van der Waals surface area (Å²) in [6, 6.07) is 9.90. The van der Waals surface area contributed by atoms with Gasteiger partial charge in [0.15, 0.2) is 0 Å². The SMILES string of the molecule is Cc1ccc(NCc2ccc(Cl)s2)c(Cl)c1. The molecule has 0 fully saturated rings. The summed E-state index contributed by atoms with van der Waals surface area (Å²) in [5.74, 6) is 0. The highest BCUT2D eigenvalue weighted by Gasteiger charge is 2.01. The van der Waals surface area contributed by atoms with Crippen LogP contribution < -0.4 is 5.32 Å². The van der Waals surface area contributed by atoms with Gasteiger partial charge in [0.05, 0.1) is 15.0 Å². The maximum absolute atomic E-state index is 6.12. The van der Waals surface area contributed by atoms with Crippen molar-refractivity contribution in [2.75, 3.05) is 5.32 Å². The Morgan fingerprint density at radius 3 is 2.62 bits per heavy atom. The van der Waals surface area contributed by atoms with E-state index < -0.39 is 0 Å². The Labute approximate surface area is 109 Å². The van der Waals surface area contributed by atoms with Crippen molar-refractivity contribution in [3.05, 3.63) is 50.1 Å². The lowest BCUT2D eigenvalue weighted by atomic mass is 10.2. The Bertz CT molecular complexity index is 494. The van der Waals surface area contributed by atoms with Crippen molar-refractivity contribution in [1.29, 1.82) is 0 Å². The van der Waals surface area contributed by atoms with Crippen molar-refractivity contribution in [2.24, 2.45) is 0 Å². The average molecular weight is 272 g/mol. The molecule has 16 heavy (non-hydrogen) atoms. The molecule has 84 valence electrons. The van der Waals surface area contributed by atoms with Crippen molar-refractivity contribution in [3.8, 4) is 0 Å². The van der Waals surface area contributed by atoms with E-state index >= 15 is 0 Å². The van der Waals surface area contributed by atoms with Crippen LogP contribution in [0.25, 0.3) is 0 Å². The molecule has 0 unspecified atom stereocenters. The molecule has 0 radical (unpaired) electrons. The van der Waals surface area contributed by atoms with E-state index in [2.05, 4.69) is 5.32 Å². The van der Waals surface area contributed by atoms with Gasteiger partial charge in [0, 0.05) is 11.4 Å². The number of rotatable bonds is 3. The smallest absolute Gasteiger partial charge is 0.0931 e. The van der Waals surface area contributed by atoms with Gasteiger partial charge >= 0.3 is 0 Å². The largest absolute Gasteiger partial charge is 0.379 e. The summed E-state index contributed by atoms with van der Waals surface area (Å²) in [7, 11) is 0. The third-order valence-electron chi connectivity index (χ3n) is 2.21. The van der Waals surface area contributed by atoms with Gasteiger partial charge in [-0.05, 0) is 36.8 Å². The predicted octanol–water partition coefficient (Wildman–Crippen LogP) is 4.98. The van der Waals surface area contributed by atoms with Crippen molar-refractivity contribution >= 4 is 40.2 Å². The van der Waals surface area contributed by atoms with E-state index in [9.17, 15) is 0 Å². The number of nitrogens with one attached hydrogen (secondary N) is 1. The van der Waals surface area contributed by atoms with Gasteiger partial charge in [-0.1, -0.05) is 29.3 Å². The van der Waals surface area contributed by atoms with Crippen LogP contribution >= 0.6 is 34.5 Å². The minimum absolute atomic E-state index is 0.750. The topological polar surface area (TPSA) is 12.0 Å². The van der Waals surface area contributed by atoms with Gasteiger partial charge < -0.3 is 5.32 Å². The summed E-state index contributed by atoms with van der Waals surface area (Å²) >= 11 is 13.6. The van der Waals surface area contributed by atoms with Gasteiger partial charge in [0.25, 0.3) is 0 Å². The molecule has 2 rings (SSSR count). The van der Waals surface area contributed by atoms with Crippen LogP contribution in [0, 0.1) is 6.92 Å². The highest BCUT2D eigenvalue weighted by atomic mass is 35.5. The lowest BCUT2D eigenvalue weighted by molar-refractivity contribution is 1.19. The molecule has 0 aliphatic rings. The Balaban J connectivity index is 2.04. The normalized spacial score (nSPS) is 10.4. The number of anilines is 1. The summed E-state index contributed by atoms with van der Waals surface area (Å²) in [5.41, 5.74) is 2.12. The van der Waals surface area contributed by atoms with Crippen LogP contribution in [-0.4, -0.2) is 0 Å². The van der Waals surface area contributed by atoms with Crippen LogP contribution in [0.2, 0.25) is 9.36 Å². The van der Waals surface area contributed by atoms with Crippen molar-refractivity contribution < 1.29 is 0 Å². The molecular weight excluding hydrogens is 261 g/mol. The minimum Gasteiger partial charge on any atom is -0.379 e. The van der Waals surface area contributed by atoms with Gasteiger partial charge in [-0.3, -0.25) is 0 Å². The maximum atomic E-state index is 6.12. The third kappa shape index (κ3) is 2.91. The highest BCUT2D eigenvalue weighted by molar-refractivity contribution is 7.16. The summed E-state index contributed by atoms with van der Waals surface area (Å²) < 4.78 is 0.812. The van der Waals surface area contributed by atoms with E-state index in [1.165, 1.54) is 4.88 Å². The minimum atomic E-state index is 0.750. The molecule has 1 nitrogen and oxygen atoms in total. The zero-order valence-electron chi connectivity index (χ0n) is 8.76. The summed E-state index contributed by atoms with van der Waals surface area (Å²) in [5, 5.41) is 4.04. The first kappa shape index (κ1) is 11.8. The van der Waals surface area contributed by atoms with E-state index in [0.717, 1.165) is 27.2 Å². The second kappa shape index (κ2) is 5.09. The van der Waals surface area contributed by atoms with Crippen molar-refractivity contribution in [2.45, 2.75) is 13.5 Å². The Morgan fingerprint density at radius 2 is 2.00 bits per heavy atom. The average Bonchev–Trinajstić information content (AvgIpc) is 2.63. The molecule has 0 spiro atoms. The van der Waals surface area contributed by atoms with Crippen LogP contribution in [0.3, 0.4) is 0 Å². The first-order chi connectivity index (χ1) is 7.65. The fourth-order valence-corrected chi connectivity index (χ4v) is 2.72. The molecule has 0 amide bonds. The molecule has 0 saturated heterocycles. The second-order valence-electron chi connectivity index (χ2n) is 3.54. The number of halogens is 2. The lowest BCUT2D eigenvalue weighted by Crippen LogP contribution is -1.97. The van der Waals surface area contributed by atoms with Gasteiger partial charge in [0.1, 0.15) is 0 Å². The molecule has 4 heteroatoms. The zero-order valence-corrected chi connectivity index (χ0v) is 11.1. The molecule has 1 heterocycles. The monoisotopic (exact) mass is 271 g/mol. The van der Waals surface area contributed by atoms with Gasteiger partial charge in [0.2, 0.25) is 0 Å². The van der Waals surface area contributed by atoms with Gasteiger partial charge in [-0.25, -0.2) is 0 Å². The molecule has 0 saturated carbocycles. The van der Waals surface area contributed by atoms with Gasteiger partial charge in [-0.2, -0.15) is 0 Å². The number of hydrogen-bond donors (Lipinski definition) is 1. The molecule has 2 aromatic rings. The number of thiophene rings is 1. The van der Waals surface area contributed by atoms with Crippen molar-refractivity contribution in [3.63, 3.8) is 0 Å². The molecule has 1 aromatic heterocycles.